The van der Waals surface area contributed by atoms with E-state index >= 15 is 0 Å². The van der Waals surface area contributed by atoms with Gasteiger partial charge in [-0.2, -0.15) is 0 Å². The molecule has 2 rings (SSSR count). The van der Waals surface area contributed by atoms with Crippen molar-refractivity contribution in [3.05, 3.63) is 35.1 Å². The summed E-state index contributed by atoms with van der Waals surface area (Å²) in [6.45, 7) is 3.14. The van der Waals surface area contributed by atoms with Crippen LogP contribution in [0.2, 0.25) is 0 Å². The van der Waals surface area contributed by atoms with E-state index in [9.17, 15) is 0 Å². The predicted molar refractivity (Wildman–Crippen MR) is 72.3 cm³/mol. The van der Waals surface area contributed by atoms with Crippen LogP contribution in [0, 0.1) is 6.92 Å². The summed E-state index contributed by atoms with van der Waals surface area (Å²) in [7, 11) is 1.99. The van der Waals surface area contributed by atoms with Crippen LogP contribution in [0.1, 0.15) is 17.0 Å². The van der Waals surface area contributed by atoms with E-state index in [1.54, 1.807) is 17.5 Å². The standard InChI is InChI=1S/C13H17N3S/c1-10-12(6-4-7-14-2)17-13(16-10)11-5-3-8-15-9-11/h3,5,8-9,14H,4,6-7H2,1-2H3. The van der Waals surface area contributed by atoms with Crippen molar-refractivity contribution in [2.45, 2.75) is 19.8 Å². The van der Waals surface area contributed by atoms with Crippen LogP contribution in [-0.4, -0.2) is 23.6 Å². The lowest BCUT2D eigenvalue weighted by Gasteiger charge is -1.97. The summed E-state index contributed by atoms with van der Waals surface area (Å²) in [5.41, 5.74) is 2.27. The summed E-state index contributed by atoms with van der Waals surface area (Å²) in [5, 5.41) is 4.25. The molecule has 0 spiro atoms. The second-order valence-corrected chi connectivity index (χ2v) is 5.06. The van der Waals surface area contributed by atoms with Crippen LogP contribution in [-0.2, 0) is 6.42 Å². The highest BCUT2D eigenvalue weighted by Gasteiger charge is 2.08. The summed E-state index contributed by atoms with van der Waals surface area (Å²) in [5.74, 6) is 0. The Morgan fingerprint density at radius 1 is 1.41 bits per heavy atom. The largest absolute Gasteiger partial charge is 0.320 e. The maximum absolute atomic E-state index is 4.62. The van der Waals surface area contributed by atoms with Gasteiger partial charge in [-0.05, 0) is 45.5 Å². The summed E-state index contributed by atoms with van der Waals surface area (Å²) < 4.78 is 0. The van der Waals surface area contributed by atoms with E-state index in [2.05, 4.69) is 28.3 Å². The molecule has 2 aromatic rings. The fraction of sp³-hybridized carbons (Fsp3) is 0.385. The van der Waals surface area contributed by atoms with Gasteiger partial charge >= 0.3 is 0 Å². The van der Waals surface area contributed by atoms with Gasteiger partial charge in [0, 0.05) is 22.8 Å². The van der Waals surface area contributed by atoms with E-state index < -0.39 is 0 Å². The second-order valence-electron chi connectivity index (χ2n) is 3.98. The van der Waals surface area contributed by atoms with Crippen molar-refractivity contribution < 1.29 is 0 Å². The molecule has 2 aromatic heterocycles. The molecule has 17 heavy (non-hydrogen) atoms. The number of pyridine rings is 1. The molecule has 0 aliphatic rings. The van der Waals surface area contributed by atoms with Gasteiger partial charge in [0.2, 0.25) is 0 Å². The van der Waals surface area contributed by atoms with Gasteiger partial charge in [-0.25, -0.2) is 4.98 Å². The van der Waals surface area contributed by atoms with Gasteiger partial charge in [0.15, 0.2) is 0 Å². The summed E-state index contributed by atoms with van der Waals surface area (Å²) in [6, 6.07) is 4.01. The van der Waals surface area contributed by atoms with E-state index in [-0.39, 0.29) is 0 Å². The monoisotopic (exact) mass is 247 g/mol. The Balaban J connectivity index is 2.13. The van der Waals surface area contributed by atoms with Gasteiger partial charge in [0.25, 0.3) is 0 Å². The molecule has 90 valence electrons. The molecule has 0 saturated carbocycles. The van der Waals surface area contributed by atoms with Crippen LogP contribution < -0.4 is 5.32 Å². The number of nitrogens with zero attached hydrogens (tertiary/aromatic N) is 2. The van der Waals surface area contributed by atoms with Gasteiger partial charge in [-0.15, -0.1) is 11.3 Å². The topological polar surface area (TPSA) is 37.8 Å². The van der Waals surface area contributed by atoms with Crippen molar-refractivity contribution in [3.63, 3.8) is 0 Å². The van der Waals surface area contributed by atoms with Crippen molar-refractivity contribution in [1.82, 2.24) is 15.3 Å². The molecule has 2 heterocycles. The predicted octanol–water partition coefficient (Wildman–Crippen LogP) is 2.67. The zero-order chi connectivity index (χ0) is 12.1. The van der Waals surface area contributed by atoms with Crippen LogP contribution in [0.5, 0.6) is 0 Å². The lowest BCUT2D eigenvalue weighted by molar-refractivity contribution is 0.727. The fourth-order valence-corrected chi connectivity index (χ4v) is 2.79. The highest BCUT2D eigenvalue weighted by atomic mass is 32.1. The third-order valence-corrected chi connectivity index (χ3v) is 3.90. The Bertz CT molecular complexity index is 465. The molecule has 1 N–H and O–H groups in total. The SMILES string of the molecule is CNCCCc1sc(-c2cccnc2)nc1C. The van der Waals surface area contributed by atoms with Gasteiger partial charge in [0.1, 0.15) is 5.01 Å². The number of hydrogen-bond acceptors (Lipinski definition) is 4. The number of aromatic nitrogens is 2. The van der Waals surface area contributed by atoms with Crippen molar-refractivity contribution in [3.8, 4) is 10.6 Å². The Morgan fingerprint density at radius 3 is 3.00 bits per heavy atom. The summed E-state index contributed by atoms with van der Waals surface area (Å²) in [6.07, 6.45) is 5.92. The second kappa shape index (κ2) is 5.89. The van der Waals surface area contributed by atoms with Crippen molar-refractivity contribution >= 4 is 11.3 Å². The first-order chi connectivity index (χ1) is 8.31. The average Bonchev–Trinajstić information content (AvgIpc) is 2.73. The number of aryl methyl sites for hydroxylation is 2. The van der Waals surface area contributed by atoms with Gasteiger partial charge in [-0.3, -0.25) is 4.98 Å². The van der Waals surface area contributed by atoms with Gasteiger partial charge < -0.3 is 5.32 Å². The molecule has 0 atom stereocenters. The first-order valence-electron chi connectivity index (χ1n) is 5.82. The van der Waals surface area contributed by atoms with E-state index in [0.717, 1.165) is 35.7 Å². The maximum Gasteiger partial charge on any atom is 0.125 e. The Labute approximate surface area is 106 Å². The van der Waals surface area contributed by atoms with Crippen molar-refractivity contribution in [2.75, 3.05) is 13.6 Å². The smallest absolute Gasteiger partial charge is 0.125 e. The third kappa shape index (κ3) is 3.11. The molecule has 0 aromatic carbocycles. The van der Waals surface area contributed by atoms with E-state index in [1.807, 2.05) is 19.3 Å². The van der Waals surface area contributed by atoms with E-state index in [1.165, 1.54) is 4.88 Å². The van der Waals surface area contributed by atoms with Crippen LogP contribution in [0.3, 0.4) is 0 Å². The molecular formula is C13H17N3S. The van der Waals surface area contributed by atoms with Crippen LogP contribution >= 0.6 is 11.3 Å². The minimum Gasteiger partial charge on any atom is -0.320 e. The molecule has 0 aliphatic carbocycles. The molecule has 0 radical (unpaired) electrons. The molecule has 0 fully saturated rings. The Kier molecular flexibility index (Phi) is 4.23. The lowest BCUT2D eigenvalue weighted by Crippen LogP contribution is -2.08. The fourth-order valence-electron chi connectivity index (χ4n) is 1.70. The first-order valence-corrected chi connectivity index (χ1v) is 6.64. The molecule has 0 aliphatic heterocycles. The molecule has 0 unspecified atom stereocenters. The summed E-state index contributed by atoms with van der Waals surface area (Å²) >= 11 is 1.78. The maximum atomic E-state index is 4.62. The highest BCUT2D eigenvalue weighted by Crippen LogP contribution is 2.27. The number of hydrogen-bond donors (Lipinski definition) is 1. The Hall–Kier alpha value is -1.26. The molecule has 0 saturated heterocycles. The summed E-state index contributed by atoms with van der Waals surface area (Å²) in [4.78, 5) is 10.1. The van der Waals surface area contributed by atoms with Crippen molar-refractivity contribution in [1.29, 1.82) is 0 Å². The van der Waals surface area contributed by atoms with E-state index in [0.29, 0.717) is 0 Å². The Morgan fingerprint density at radius 2 is 2.29 bits per heavy atom. The molecule has 4 heteroatoms. The number of thiazole rings is 1. The average molecular weight is 247 g/mol. The van der Waals surface area contributed by atoms with Crippen LogP contribution in [0.15, 0.2) is 24.5 Å². The van der Waals surface area contributed by atoms with Gasteiger partial charge in [0.05, 0.1) is 5.69 Å². The zero-order valence-electron chi connectivity index (χ0n) is 10.2. The molecule has 0 amide bonds. The molecule has 3 nitrogen and oxygen atoms in total. The minimum absolute atomic E-state index is 1.06. The molecular weight excluding hydrogens is 230 g/mol. The minimum atomic E-state index is 1.06. The zero-order valence-corrected chi connectivity index (χ0v) is 11.0. The van der Waals surface area contributed by atoms with Gasteiger partial charge in [-0.1, -0.05) is 0 Å². The highest BCUT2D eigenvalue weighted by molar-refractivity contribution is 7.15. The number of nitrogens with one attached hydrogen (secondary N) is 1. The number of rotatable bonds is 5. The van der Waals surface area contributed by atoms with Crippen LogP contribution in [0.25, 0.3) is 10.6 Å². The third-order valence-electron chi connectivity index (χ3n) is 2.63. The van der Waals surface area contributed by atoms with Crippen LogP contribution in [0.4, 0.5) is 0 Å². The van der Waals surface area contributed by atoms with E-state index in [4.69, 9.17) is 0 Å². The molecule has 0 bridgehead atoms. The lowest BCUT2D eigenvalue weighted by atomic mass is 10.2. The quantitative estimate of drug-likeness (QED) is 0.825. The first kappa shape index (κ1) is 12.2. The van der Waals surface area contributed by atoms with Crippen molar-refractivity contribution in [2.24, 2.45) is 0 Å². The normalized spacial score (nSPS) is 10.7.